The predicted molar refractivity (Wildman–Crippen MR) is 77.8 cm³/mol. The van der Waals surface area contributed by atoms with Gasteiger partial charge in [-0.1, -0.05) is 12.1 Å². The van der Waals surface area contributed by atoms with Crippen LogP contribution in [-0.2, 0) is 5.75 Å². The van der Waals surface area contributed by atoms with E-state index in [1.165, 1.54) is 0 Å². The number of fused-ring (bicyclic) bond motifs is 1. The zero-order valence-corrected chi connectivity index (χ0v) is 11.1. The van der Waals surface area contributed by atoms with Crippen LogP contribution in [0.3, 0.4) is 0 Å². The molecule has 5 nitrogen and oxygen atoms in total. The van der Waals surface area contributed by atoms with E-state index in [2.05, 4.69) is 20.3 Å². The lowest BCUT2D eigenvalue weighted by atomic mass is 10.3. The average molecular weight is 263 g/mol. The number of H-pyrrole nitrogens is 1. The number of para-hydroxylation sites is 2. The van der Waals surface area contributed by atoms with E-state index in [0.717, 1.165) is 34.9 Å². The number of nitrogens with two attached hydrogens (primary N) is 1. The van der Waals surface area contributed by atoms with Crippen LogP contribution in [0.5, 0.6) is 0 Å². The number of hydrogen-bond donors (Lipinski definition) is 3. The number of aliphatic imine (C=N–C) groups is 1. The van der Waals surface area contributed by atoms with Crippen molar-refractivity contribution in [2.24, 2.45) is 10.7 Å². The van der Waals surface area contributed by atoms with Gasteiger partial charge in [-0.2, -0.15) is 11.8 Å². The van der Waals surface area contributed by atoms with Gasteiger partial charge < -0.3 is 16.0 Å². The SMILES string of the molecule is CN=C(N)NCCSCc1nc2ccccc2[nH]1. The van der Waals surface area contributed by atoms with E-state index < -0.39 is 0 Å². The molecular formula is C12H17N5S. The number of imidazole rings is 1. The van der Waals surface area contributed by atoms with Crippen LogP contribution in [0.25, 0.3) is 11.0 Å². The summed E-state index contributed by atoms with van der Waals surface area (Å²) < 4.78 is 0. The first-order chi connectivity index (χ1) is 8.79. The van der Waals surface area contributed by atoms with E-state index in [1.54, 1.807) is 7.05 Å². The Morgan fingerprint density at radius 3 is 3.11 bits per heavy atom. The Labute approximate surface area is 110 Å². The highest BCUT2D eigenvalue weighted by molar-refractivity contribution is 7.98. The summed E-state index contributed by atoms with van der Waals surface area (Å²) in [5.74, 6) is 3.34. The second-order valence-electron chi connectivity index (χ2n) is 3.79. The van der Waals surface area contributed by atoms with E-state index in [-0.39, 0.29) is 0 Å². The summed E-state index contributed by atoms with van der Waals surface area (Å²) in [4.78, 5) is 11.7. The molecule has 1 heterocycles. The second kappa shape index (κ2) is 6.30. The van der Waals surface area contributed by atoms with Crippen molar-refractivity contribution in [3.8, 4) is 0 Å². The molecule has 6 heteroatoms. The fraction of sp³-hybridized carbons (Fsp3) is 0.333. The molecule has 0 aliphatic heterocycles. The molecule has 4 N–H and O–H groups in total. The lowest BCUT2D eigenvalue weighted by Gasteiger charge is -2.03. The molecule has 1 aromatic heterocycles. The van der Waals surface area contributed by atoms with Crippen LogP contribution in [-0.4, -0.2) is 35.3 Å². The standard InChI is InChI=1S/C12H17N5S/c1-14-12(13)15-6-7-18-8-11-16-9-4-2-3-5-10(9)17-11/h2-5H,6-8H2,1H3,(H,16,17)(H3,13,14,15). The molecule has 96 valence electrons. The average Bonchev–Trinajstić information content (AvgIpc) is 2.80. The van der Waals surface area contributed by atoms with Crippen molar-refractivity contribution < 1.29 is 0 Å². The summed E-state index contributed by atoms with van der Waals surface area (Å²) >= 11 is 1.81. The molecule has 0 aliphatic rings. The number of nitrogens with zero attached hydrogens (tertiary/aromatic N) is 2. The van der Waals surface area contributed by atoms with Crippen molar-refractivity contribution in [2.45, 2.75) is 5.75 Å². The first-order valence-corrected chi connectivity index (χ1v) is 6.92. The molecule has 0 unspecified atom stereocenters. The summed E-state index contributed by atoms with van der Waals surface area (Å²) in [5.41, 5.74) is 7.64. The first kappa shape index (κ1) is 12.8. The van der Waals surface area contributed by atoms with Crippen molar-refractivity contribution in [1.82, 2.24) is 15.3 Å². The fourth-order valence-corrected chi connectivity index (χ4v) is 2.29. The highest BCUT2D eigenvalue weighted by atomic mass is 32.2. The third kappa shape index (κ3) is 3.40. The topological polar surface area (TPSA) is 79.1 Å². The first-order valence-electron chi connectivity index (χ1n) is 5.77. The molecular weight excluding hydrogens is 246 g/mol. The van der Waals surface area contributed by atoms with Crippen LogP contribution in [0.15, 0.2) is 29.3 Å². The molecule has 18 heavy (non-hydrogen) atoms. The van der Waals surface area contributed by atoms with E-state index in [1.807, 2.05) is 36.0 Å². The van der Waals surface area contributed by atoms with Gasteiger partial charge in [-0.25, -0.2) is 4.98 Å². The quantitative estimate of drug-likeness (QED) is 0.432. The molecule has 0 radical (unpaired) electrons. The number of thioether (sulfide) groups is 1. The van der Waals surface area contributed by atoms with Gasteiger partial charge in [0.2, 0.25) is 0 Å². The number of nitrogens with one attached hydrogen (secondary N) is 2. The summed E-state index contributed by atoms with van der Waals surface area (Å²) in [6.07, 6.45) is 0. The molecule has 0 amide bonds. The highest BCUT2D eigenvalue weighted by Gasteiger charge is 2.01. The second-order valence-corrected chi connectivity index (χ2v) is 4.89. The minimum Gasteiger partial charge on any atom is -0.370 e. The van der Waals surface area contributed by atoms with Gasteiger partial charge in [-0.05, 0) is 12.1 Å². The Balaban J connectivity index is 1.76. The molecule has 2 rings (SSSR count). The Bertz CT molecular complexity index is 501. The molecule has 0 bridgehead atoms. The van der Waals surface area contributed by atoms with Crippen molar-refractivity contribution in [3.05, 3.63) is 30.1 Å². The predicted octanol–water partition coefficient (Wildman–Crippen LogP) is 1.33. The monoisotopic (exact) mass is 263 g/mol. The van der Waals surface area contributed by atoms with Gasteiger partial charge in [0.25, 0.3) is 0 Å². The normalized spacial score (nSPS) is 11.9. The molecule has 0 atom stereocenters. The smallest absolute Gasteiger partial charge is 0.188 e. The third-order valence-corrected chi connectivity index (χ3v) is 3.44. The number of benzene rings is 1. The number of guanidine groups is 1. The van der Waals surface area contributed by atoms with E-state index in [4.69, 9.17) is 5.73 Å². The van der Waals surface area contributed by atoms with Gasteiger partial charge in [0, 0.05) is 19.3 Å². The van der Waals surface area contributed by atoms with Gasteiger partial charge in [0.15, 0.2) is 5.96 Å². The van der Waals surface area contributed by atoms with Gasteiger partial charge in [0.1, 0.15) is 5.82 Å². The van der Waals surface area contributed by atoms with E-state index in [9.17, 15) is 0 Å². The molecule has 0 fully saturated rings. The summed E-state index contributed by atoms with van der Waals surface area (Å²) in [7, 11) is 1.67. The summed E-state index contributed by atoms with van der Waals surface area (Å²) in [5, 5.41) is 3.02. The molecule has 2 aromatic rings. The number of aromatic amines is 1. The Hall–Kier alpha value is -1.69. The van der Waals surface area contributed by atoms with E-state index >= 15 is 0 Å². The van der Waals surface area contributed by atoms with Crippen molar-refractivity contribution in [2.75, 3.05) is 19.3 Å². The Morgan fingerprint density at radius 1 is 1.50 bits per heavy atom. The molecule has 0 saturated heterocycles. The number of aromatic nitrogens is 2. The van der Waals surface area contributed by atoms with Gasteiger partial charge in [-0.15, -0.1) is 0 Å². The minimum atomic E-state index is 0.485. The summed E-state index contributed by atoms with van der Waals surface area (Å²) in [6, 6.07) is 8.06. The lowest BCUT2D eigenvalue weighted by Crippen LogP contribution is -2.32. The zero-order chi connectivity index (χ0) is 12.8. The Kier molecular flexibility index (Phi) is 4.46. The van der Waals surface area contributed by atoms with Crippen LogP contribution < -0.4 is 11.1 Å². The number of rotatable bonds is 5. The van der Waals surface area contributed by atoms with Gasteiger partial charge in [0.05, 0.1) is 16.8 Å². The molecule has 0 saturated carbocycles. The highest BCUT2D eigenvalue weighted by Crippen LogP contribution is 2.14. The van der Waals surface area contributed by atoms with Crippen molar-refractivity contribution >= 4 is 28.8 Å². The lowest BCUT2D eigenvalue weighted by molar-refractivity contribution is 0.958. The fourth-order valence-electron chi connectivity index (χ4n) is 1.57. The minimum absolute atomic E-state index is 0.485. The number of hydrogen-bond acceptors (Lipinski definition) is 3. The van der Waals surface area contributed by atoms with Crippen LogP contribution >= 0.6 is 11.8 Å². The van der Waals surface area contributed by atoms with Crippen molar-refractivity contribution in [3.63, 3.8) is 0 Å². The van der Waals surface area contributed by atoms with Crippen molar-refractivity contribution in [1.29, 1.82) is 0 Å². The molecule has 1 aromatic carbocycles. The van der Waals surface area contributed by atoms with Gasteiger partial charge in [-0.3, -0.25) is 4.99 Å². The van der Waals surface area contributed by atoms with Crippen LogP contribution in [0.2, 0.25) is 0 Å². The molecule has 0 aliphatic carbocycles. The van der Waals surface area contributed by atoms with Crippen LogP contribution in [0.1, 0.15) is 5.82 Å². The maximum absolute atomic E-state index is 5.53. The van der Waals surface area contributed by atoms with Crippen LogP contribution in [0.4, 0.5) is 0 Å². The van der Waals surface area contributed by atoms with Crippen LogP contribution in [0, 0.1) is 0 Å². The third-order valence-electron chi connectivity index (χ3n) is 2.47. The molecule has 0 spiro atoms. The summed E-state index contributed by atoms with van der Waals surface area (Å²) in [6.45, 7) is 0.814. The zero-order valence-electron chi connectivity index (χ0n) is 10.3. The Morgan fingerprint density at radius 2 is 2.33 bits per heavy atom. The van der Waals surface area contributed by atoms with E-state index in [0.29, 0.717) is 5.96 Å². The maximum Gasteiger partial charge on any atom is 0.188 e. The van der Waals surface area contributed by atoms with Gasteiger partial charge >= 0.3 is 0 Å². The largest absolute Gasteiger partial charge is 0.370 e. The maximum atomic E-state index is 5.53.